The molecule has 0 saturated carbocycles. The summed E-state index contributed by atoms with van der Waals surface area (Å²) in [6.07, 6.45) is 0. The highest BCUT2D eigenvalue weighted by atomic mass is 32.1. The van der Waals surface area contributed by atoms with Gasteiger partial charge < -0.3 is 0 Å². The second-order valence-electron chi connectivity index (χ2n) is 3.21. The monoisotopic (exact) mass is 246 g/mol. The summed E-state index contributed by atoms with van der Waals surface area (Å²) >= 11 is 8.50. The second-order valence-corrected chi connectivity index (χ2v) is 4.17. The lowest BCUT2D eigenvalue weighted by atomic mass is 10.3. The standard InChI is InChI=1S/C12H10N2S2/c15-11-7-6-10(8-12(11)16)14-13-9-4-2-1-3-5-9/h1-8,15-16H. The second kappa shape index (κ2) is 5.18. The van der Waals surface area contributed by atoms with E-state index in [0.717, 1.165) is 21.2 Å². The Morgan fingerprint density at radius 1 is 0.688 bits per heavy atom. The summed E-state index contributed by atoms with van der Waals surface area (Å²) in [5, 5.41) is 8.23. The maximum Gasteiger partial charge on any atom is 0.0868 e. The SMILES string of the molecule is Sc1ccc(N=Nc2ccccc2)cc1S. The number of azo groups is 1. The molecule has 0 radical (unpaired) electrons. The molecule has 0 fully saturated rings. The van der Waals surface area contributed by atoms with Crippen molar-refractivity contribution in [2.45, 2.75) is 9.79 Å². The molecule has 16 heavy (non-hydrogen) atoms. The van der Waals surface area contributed by atoms with Crippen LogP contribution in [0.3, 0.4) is 0 Å². The minimum Gasteiger partial charge on any atom is -0.151 e. The highest BCUT2D eigenvalue weighted by molar-refractivity contribution is 7.83. The Morgan fingerprint density at radius 2 is 1.38 bits per heavy atom. The summed E-state index contributed by atoms with van der Waals surface area (Å²) in [5.74, 6) is 0. The molecule has 0 atom stereocenters. The summed E-state index contributed by atoms with van der Waals surface area (Å²) in [4.78, 5) is 1.63. The van der Waals surface area contributed by atoms with E-state index in [4.69, 9.17) is 0 Å². The molecule has 0 aliphatic carbocycles. The third-order valence-electron chi connectivity index (χ3n) is 2.00. The fourth-order valence-electron chi connectivity index (χ4n) is 1.18. The third-order valence-corrected chi connectivity index (χ3v) is 2.93. The van der Waals surface area contributed by atoms with Gasteiger partial charge in [0, 0.05) is 9.79 Å². The highest BCUT2D eigenvalue weighted by Crippen LogP contribution is 2.25. The first-order chi connectivity index (χ1) is 7.75. The lowest BCUT2D eigenvalue weighted by Gasteiger charge is -1.98. The van der Waals surface area contributed by atoms with Gasteiger partial charge in [-0.25, -0.2) is 0 Å². The minimum atomic E-state index is 0.770. The zero-order chi connectivity index (χ0) is 11.4. The molecule has 2 rings (SSSR count). The zero-order valence-corrected chi connectivity index (χ0v) is 10.2. The zero-order valence-electron chi connectivity index (χ0n) is 8.41. The van der Waals surface area contributed by atoms with Crippen LogP contribution in [0.5, 0.6) is 0 Å². The van der Waals surface area contributed by atoms with Crippen LogP contribution in [0.15, 0.2) is 68.6 Å². The molecular formula is C12H10N2S2. The van der Waals surface area contributed by atoms with E-state index in [1.54, 1.807) is 0 Å². The fourth-order valence-corrected chi connectivity index (χ4v) is 1.53. The number of hydrogen-bond donors (Lipinski definition) is 2. The van der Waals surface area contributed by atoms with Gasteiger partial charge in [-0.1, -0.05) is 18.2 Å². The van der Waals surface area contributed by atoms with E-state index in [0.29, 0.717) is 0 Å². The smallest absolute Gasteiger partial charge is 0.0868 e. The summed E-state index contributed by atoms with van der Waals surface area (Å²) in [6, 6.07) is 15.1. The Kier molecular flexibility index (Phi) is 3.64. The van der Waals surface area contributed by atoms with E-state index in [1.807, 2.05) is 48.5 Å². The van der Waals surface area contributed by atoms with Crippen molar-refractivity contribution in [3.63, 3.8) is 0 Å². The van der Waals surface area contributed by atoms with E-state index < -0.39 is 0 Å². The van der Waals surface area contributed by atoms with Crippen LogP contribution < -0.4 is 0 Å². The van der Waals surface area contributed by atoms with Gasteiger partial charge in [0.25, 0.3) is 0 Å². The predicted molar refractivity (Wildman–Crippen MR) is 71.6 cm³/mol. The maximum absolute atomic E-state index is 4.27. The Balaban J connectivity index is 2.21. The van der Waals surface area contributed by atoms with Crippen molar-refractivity contribution < 1.29 is 0 Å². The third kappa shape index (κ3) is 2.87. The van der Waals surface area contributed by atoms with E-state index in [2.05, 4.69) is 35.5 Å². The minimum absolute atomic E-state index is 0.770. The molecule has 80 valence electrons. The molecule has 0 aliphatic heterocycles. The largest absolute Gasteiger partial charge is 0.151 e. The van der Waals surface area contributed by atoms with Crippen LogP contribution in [-0.2, 0) is 0 Å². The van der Waals surface area contributed by atoms with E-state index in [-0.39, 0.29) is 0 Å². The van der Waals surface area contributed by atoms with Gasteiger partial charge in [0.2, 0.25) is 0 Å². The number of benzene rings is 2. The first kappa shape index (κ1) is 11.2. The van der Waals surface area contributed by atoms with Crippen LogP contribution in [0.2, 0.25) is 0 Å². The van der Waals surface area contributed by atoms with Crippen molar-refractivity contribution in [1.82, 2.24) is 0 Å². The van der Waals surface area contributed by atoms with Gasteiger partial charge in [-0.3, -0.25) is 0 Å². The molecule has 0 unspecified atom stereocenters. The molecule has 0 spiro atoms. The molecule has 0 bridgehead atoms. The summed E-state index contributed by atoms with van der Waals surface area (Å²) < 4.78 is 0. The van der Waals surface area contributed by atoms with Gasteiger partial charge in [-0.05, 0) is 30.3 Å². The van der Waals surface area contributed by atoms with E-state index in [1.165, 1.54) is 0 Å². The number of thiol groups is 2. The average molecular weight is 246 g/mol. The molecule has 0 aliphatic rings. The Labute approximate surface area is 105 Å². The van der Waals surface area contributed by atoms with Crippen molar-refractivity contribution >= 4 is 36.6 Å². The van der Waals surface area contributed by atoms with E-state index >= 15 is 0 Å². The van der Waals surface area contributed by atoms with Gasteiger partial charge >= 0.3 is 0 Å². The van der Waals surface area contributed by atoms with Crippen molar-refractivity contribution in [2.75, 3.05) is 0 Å². The molecule has 0 aromatic heterocycles. The molecular weight excluding hydrogens is 236 g/mol. The van der Waals surface area contributed by atoms with Crippen LogP contribution in [0.25, 0.3) is 0 Å². The highest BCUT2D eigenvalue weighted by Gasteiger charge is 1.95. The molecule has 2 aromatic carbocycles. The maximum atomic E-state index is 4.27. The molecule has 2 nitrogen and oxygen atoms in total. The van der Waals surface area contributed by atoms with Gasteiger partial charge in [0.1, 0.15) is 0 Å². The predicted octanol–water partition coefficient (Wildman–Crippen LogP) is 4.68. The molecule has 0 heterocycles. The Bertz CT molecular complexity index is 510. The normalized spacial score (nSPS) is 10.9. The molecule has 0 N–H and O–H groups in total. The van der Waals surface area contributed by atoms with Gasteiger partial charge in [0.05, 0.1) is 11.4 Å². The fraction of sp³-hybridized carbons (Fsp3) is 0. The van der Waals surface area contributed by atoms with Crippen molar-refractivity contribution in [2.24, 2.45) is 10.2 Å². The molecule has 0 amide bonds. The Morgan fingerprint density at radius 3 is 2.06 bits per heavy atom. The lowest BCUT2D eigenvalue weighted by molar-refractivity contribution is 1.18. The number of hydrogen-bond acceptors (Lipinski definition) is 4. The number of nitrogens with zero attached hydrogens (tertiary/aromatic N) is 2. The van der Waals surface area contributed by atoms with E-state index in [9.17, 15) is 0 Å². The van der Waals surface area contributed by atoms with Crippen LogP contribution in [0, 0.1) is 0 Å². The summed E-state index contributed by atoms with van der Waals surface area (Å²) in [7, 11) is 0. The van der Waals surface area contributed by atoms with Crippen molar-refractivity contribution in [3.05, 3.63) is 48.5 Å². The first-order valence-electron chi connectivity index (χ1n) is 4.74. The van der Waals surface area contributed by atoms with Crippen LogP contribution >= 0.6 is 25.3 Å². The van der Waals surface area contributed by atoms with Crippen LogP contribution in [0.4, 0.5) is 11.4 Å². The quantitative estimate of drug-likeness (QED) is 0.568. The summed E-state index contributed by atoms with van der Waals surface area (Å²) in [5.41, 5.74) is 1.60. The van der Waals surface area contributed by atoms with Crippen LogP contribution in [-0.4, -0.2) is 0 Å². The summed E-state index contributed by atoms with van der Waals surface area (Å²) in [6.45, 7) is 0. The average Bonchev–Trinajstić information content (AvgIpc) is 2.32. The number of rotatable bonds is 2. The molecule has 4 heteroatoms. The Hall–Kier alpha value is -1.26. The lowest BCUT2D eigenvalue weighted by Crippen LogP contribution is -1.70. The molecule has 2 aromatic rings. The van der Waals surface area contributed by atoms with Gasteiger partial charge in [0.15, 0.2) is 0 Å². The molecule has 0 saturated heterocycles. The first-order valence-corrected chi connectivity index (χ1v) is 5.64. The van der Waals surface area contributed by atoms with Crippen LogP contribution in [0.1, 0.15) is 0 Å². The van der Waals surface area contributed by atoms with Crippen molar-refractivity contribution in [3.8, 4) is 0 Å². The van der Waals surface area contributed by atoms with Gasteiger partial charge in [-0.2, -0.15) is 10.2 Å². The topological polar surface area (TPSA) is 24.7 Å². The van der Waals surface area contributed by atoms with Gasteiger partial charge in [-0.15, -0.1) is 25.3 Å². The van der Waals surface area contributed by atoms with Crippen molar-refractivity contribution in [1.29, 1.82) is 0 Å².